The second-order valence-corrected chi connectivity index (χ2v) is 6.97. The minimum absolute atomic E-state index is 0.0218. The highest BCUT2D eigenvalue weighted by Crippen LogP contribution is 2.24. The minimum Gasteiger partial charge on any atom is -0.491 e. The molecule has 140 valence electrons. The first-order chi connectivity index (χ1) is 13.2. The number of nitrogens with one attached hydrogen (secondary N) is 1. The Bertz CT molecular complexity index is 920. The number of ether oxygens (including phenoxy) is 1. The molecule has 7 heteroatoms. The fourth-order valence-electron chi connectivity index (χ4n) is 3.30. The lowest BCUT2D eigenvalue weighted by Crippen LogP contribution is -2.49. The van der Waals surface area contributed by atoms with Crippen molar-refractivity contribution in [2.75, 3.05) is 39.3 Å². The number of H-pyrrole nitrogens is 1. The topological polar surface area (TPSA) is 61.5 Å². The molecule has 0 saturated carbocycles. The lowest BCUT2D eigenvalue weighted by Gasteiger charge is -2.34. The molecule has 0 atom stereocenters. The number of aromatic amines is 1. The van der Waals surface area contributed by atoms with Gasteiger partial charge in [0.05, 0.1) is 16.7 Å². The summed E-state index contributed by atoms with van der Waals surface area (Å²) in [5.74, 6) is 0.803. The smallest absolute Gasteiger partial charge is 0.270 e. The maximum absolute atomic E-state index is 12.8. The van der Waals surface area contributed by atoms with Gasteiger partial charge in [-0.05, 0) is 24.3 Å². The first-order valence-electron chi connectivity index (χ1n) is 9.02. The fourth-order valence-corrected chi connectivity index (χ4v) is 3.53. The lowest BCUT2D eigenvalue weighted by molar-refractivity contribution is 0.0615. The van der Waals surface area contributed by atoms with Crippen LogP contribution in [0.15, 0.2) is 48.8 Å². The van der Waals surface area contributed by atoms with Gasteiger partial charge in [-0.2, -0.15) is 0 Å². The van der Waals surface area contributed by atoms with Gasteiger partial charge < -0.3 is 14.6 Å². The number of piperazine rings is 1. The molecule has 0 bridgehead atoms. The van der Waals surface area contributed by atoms with Gasteiger partial charge in [-0.15, -0.1) is 0 Å². The standard InChI is InChI=1S/C20H21ClN4O2/c21-17-5-1-3-15-13-18(23-19(15)17)20(26)25-9-7-24(8-10-25)11-12-27-16-4-2-6-22-14-16/h1-6,13-14,23H,7-12H2. The second-order valence-electron chi connectivity index (χ2n) is 6.56. The molecule has 4 rings (SSSR count). The zero-order chi connectivity index (χ0) is 18.6. The van der Waals surface area contributed by atoms with Crippen LogP contribution in [0.2, 0.25) is 5.02 Å². The Morgan fingerprint density at radius 1 is 1.19 bits per heavy atom. The Kier molecular flexibility index (Phi) is 5.27. The molecule has 27 heavy (non-hydrogen) atoms. The van der Waals surface area contributed by atoms with Gasteiger partial charge in [0.1, 0.15) is 18.1 Å². The van der Waals surface area contributed by atoms with Gasteiger partial charge in [-0.3, -0.25) is 14.7 Å². The van der Waals surface area contributed by atoms with E-state index in [2.05, 4.69) is 14.9 Å². The molecule has 1 N–H and O–H groups in total. The molecule has 1 saturated heterocycles. The first-order valence-corrected chi connectivity index (χ1v) is 9.40. The molecule has 0 aliphatic carbocycles. The quantitative estimate of drug-likeness (QED) is 0.734. The molecule has 1 fully saturated rings. The summed E-state index contributed by atoms with van der Waals surface area (Å²) in [6, 6.07) is 11.3. The third-order valence-electron chi connectivity index (χ3n) is 4.81. The first kappa shape index (κ1) is 17.8. The Labute approximate surface area is 162 Å². The molecule has 1 aliphatic rings. The van der Waals surface area contributed by atoms with Gasteiger partial charge in [0, 0.05) is 44.3 Å². The van der Waals surface area contributed by atoms with Gasteiger partial charge >= 0.3 is 0 Å². The molecule has 6 nitrogen and oxygen atoms in total. The molecule has 3 heterocycles. The summed E-state index contributed by atoms with van der Waals surface area (Å²) in [6.45, 7) is 4.52. The molecular weight excluding hydrogens is 364 g/mol. The molecule has 1 aliphatic heterocycles. The van der Waals surface area contributed by atoms with Crippen molar-refractivity contribution in [1.82, 2.24) is 19.8 Å². The van der Waals surface area contributed by atoms with E-state index in [4.69, 9.17) is 16.3 Å². The van der Waals surface area contributed by atoms with Gasteiger partial charge in [0.15, 0.2) is 0 Å². The number of para-hydroxylation sites is 1. The van der Waals surface area contributed by atoms with Crippen LogP contribution in [-0.2, 0) is 0 Å². The molecule has 0 unspecified atom stereocenters. The number of carbonyl (C=O) groups is 1. The van der Waals surface area contributed by atoms with Gasteiger partial charge in [0.2, 0.25) is 0 Å². The molecule has 0 radical (unpaired) electrons. The number of aromatic nitrogens is 2. The summed E-state index contributed by atoms with van der Waals surface area (Å²) < 4.78 is 5.70. The van der Waals surface area contributed by atoms with Crippen molar-refractivity contribution in [1.29, 1.82) is 0 Å². The van der Waals surface area contributed by atoms with Gasteiger partial charge in [-0.25, -0.2) is 0 Å². The zero-order valence-electron chi connectivity index (χ0n) is 14.9. The summed E-state index contributed by atoms with van der Waals surface area (Å²) in [5.41, 5.74) is 1.40. The van der Waals surface area contributed by atoms with Crippen LogP contribution in [-0.4, -0.2) is 65.0 Å². The third-order valence-corrected chi connectivity index (χ3v) is 5.12. The fraction of sp³-hybridized carbons (Fsp3) is 0.300. The average Bonchev–Trinajstić information content (AvgIpc) is 3.15. The monoisotopic (exact) mass is 384 g/mol. The summed E-state index contributed by atoms with van der Waals surface area (Å²) in [5, 5.41) is 1.59. The largest absolute Gasteiger partial charge is 0.491 e. The molecule has 0 spiro atoms. The van der Waals surface area contributed by atoms with E-state index >= 15 is 0 Å². The lowest BCUT2D eigenvalue weighted by atomic mass is 10.2. The van der Waals surface area contributed by atoms with E-state index in [1.807, 2.05) is 41.3 Å². The van der Waals surface area contributed by atoms with E-state index in [-0.39, 0.29) is 5.91 Å². The normalized spacial score (nSPS) is 15.2. The predicted molar refractivity (Wildman–Crippen MR) is 105 cm³/mol. The molecule has 1 aromatic carbocycles. The van der Waals surface area contributed by atoms with E-state index in [1.54, 1.807) is 12.4 Å². The number of rotatable bonds is 5. The van der Waals surface area contributed by atoms with Crippen LogP contribution in [0.25, 0.3) is 10.9 Å². The number of hydrogen-bond acceptors (Lipinski definition) is 4. The zero-order valence-corrected chi connectivity index (χ0v) is 15.7. The van der Waals surface area contributed by atoms with Crippen LogP contribution in [0.4, 0.5) is 0 Å². The van der Waals surface area contributed by atoms with E-state index in [1.165, 1.54) is 0 Å². The van der Waals surface area contributed by atoms with Crippen LogP contribution in [0.1, 0.15) is 10.5 Å². The Balaban J connectivity index is 1.29. The van der Waals surface area contributed by atoms with Crippen molar-refractivity contribution in [2.24, 2.45) is 0 Å². The number of halogens is 1. The summed E-state index contributed by atoms with van der Waals surface area (Å²) in [7, 11) is 0. The maximum atomic E-state index is 12.8. The highest BCUT2D eigenvalue weighted by molar-refractivity contribution is 6.35. The van der Waals surface area contributed by atoms with E-state index in [9.17, 15) is 4.79 Å². The molecule has 2 aromatic heterocycles. The highest BCUT2D eigenvalue weighted by Gasteiger charge is 2.23. The number of amides is 1. The van der Waals surface area contributed by atoms with Crippen LogP contribution < -0.4 is 4.74 Å². The maximum Gasteiger partial charge on any atom is 0.270 e. The second kappa shape index (κ2) is 7.98. The number of pyridine rings is 1. The Morgan fingerprint density at radius 2 is 2.04 bits per heavy atom. The minimum atomic E-state index is 0.0218. The van der Waals surface area contributed by atoms with E-state index in [0.717, 1.165) is 36.3 Å². The average molecular weight is 385 g/mol. The van der Waals surface area contributed by atoms with Gasteiger partial charge in [0.25, 0.3) is 5.91 Å². The number of nitrogens with zero attached hydrogens (tertiary/aromatic N) is 3. The van der Waals surface area contributed by atoms with Crippen molar-refractivity contribution in [3.8, 4) is 5.75 Å². The Morgan fingerprint density at radius 3 is 2.78 bits per heavy atom. The van der Waals surface area contributed by atoms with Crippen molar-refractivity contribution >= 4 is 28.4 Å². The van der Waals surface area contributed by atoms with Crippen LogP contribution in [0.5, 0.6) is 5.75 Å². The van der Waals surface area contributed by atoms with E-state index in [0.29, 0.717) is 30.4 Å². The SMILES string of the molecule is O=C(c1cc2cccc(Cl)c2[nH]1)N1CCN(CCOc2cccnc2)CC1. The van der Waals surface area contributed by atoms with Gasteiger partial charge in [-0.1, -0.05) is 23.7 Å². The van der Waals surface area contributed by atoms with Crippen LogP contribution >= 0.6 is 11.6 Å². The number of hydrogen-bond donors (Lipinski definition) is 1. The summed E-state index contributed by atoms with van der Waals surface area (Å²) >= 11 is 6.19. The van der Waals surface area contributed by atoms with Crippen molar-refractivity contribution < 1.29 is 9.53 Å². The molecular formula is C20H21ClN4O2. The Hall–Kier alpha value is -2.57. The number of fused-ring (bicyclic) bond motifs is 1. The van der Waals surface area contributed by atoms with Crippen LogP contribution in [0.3, 0.4) is 0 Å². The molecule has 3 aromatic rings. The van der Waals surface area contributed by atoms with Crippen molar-refractivity contribution in [3.05, 3.63) is 59.5 Å². The highest BCUT2D eigenvalue weighted by atomic mass is 35.5. The predicted octanol–water partition coefficient (Wildman–Crippen LogP) is 3.05. The number of benzene rings is 1. The van der Waals surface area contributed by atoms with E-state index < -0.39 is 0 Å². The van der Waals surface area contributed by atoms with Crippen LogP contribution in [0, 0.1) is 0 Å². The third kappa shape index (κ3) is 4.07. The summed E-state index contributed by atoms with van der Waals surface area (Å²) in [6.07, 6.45) is 3.44. The molecule has 1 amide bonds. The van der Waals surface area contributed by atoms with Crippen molar-refractivity contribution in [3.63, 3.8) is 0 Å². The summed E-state index contributed by atoms with van der Waals surface area (Å²) in [4.78, 5) is 24.2. The van der Waals surface area contributed by atoms with Crippen molar-refractivity contribution in [2.45, 2.75) is 0 Å². The number of carbonyl (C=O) groups excluding carboxylic acids is 1.